The SMILES string of the molecule is CC(C)N(CC(=O)N1CCc2sccc2C1c1ccc(C(C)(C)C)cc1)C(=O)c1ccc(Cl)cc1. The maximum absolute atomic E-state index is 13.8. The molecule has 0 aliphatic carbocycles. The van der Waals surface area contributed by atoms with Crippen molar-refractivity contribution in [2.45, 2.75) is 58.5 Å². The molecule has 1 aliphatic heterocycles. The Balaban J connectivity index is 1.63. The van der Waals surface area contributed by atoms with E-state index in [1.165, 1.54) is 16.0 Å². The van der Waals surface area contributed by atoms with Crippen molar-refractivity contribution in [3.05, 3.63) is 92.1 Å². The normalized spacial score (nSPS) is 15.7. The van der Waals surface area contributed by atoms with Gasteiger partial charge in [-0.2, -0.15) is 0 Å². The maximum atomic E-state index is 13.8. The van der Waals surface area contributed by atoms with Gasteiger partial charge in [0, 0.05) is 28.0 Å². The van der Waals surface area contributed by atoms with Crippen LogP contribution >= 0.6 is 22.9 Å². The van der Waals surface area contributed by atoms with Crippen LogP contribution in [0, 0.1) is 0 Å². The molecule has 0 N–H and O–H groups in total. The van der Waals surface area contributed by atoms with Gasteiger partial charge in [-0.25, -0.2) is 0 Å². The van der Waals surface area contributed by atoms with Crippen molar-refractivity contribution >= 4 is 34.8 Å². The van der Waals surface area contributed by atoms with Gasteiger partial charge in [-0.1, -0.05) is 56.6 Å². The minimum atomic E-state index is -0.163. The van der Waals surface area contributed by atoms with Gasteiger partial charge in [0.1, 0.15) is 6.54 Å². The van der Waals surface area contributed by atoms with Gasteiger partial charge in [-0.3, -0.25) is 9.59 Å². The van der Waals surface area contributed by atoms with Crippen molar-refractivity contribution < 1.29 is 9.59 Å². The van der Waals surface area contributed by atoms with Crippen LogP contribution in [0.4, 0.5) is 0 Å². The van der Waals surface area contributed by atoms with Gasteiger partial charge in [-0.05, 0) is 78.1 Å². The number of nitrogens with zero attached hydrogens (tertiary/aromatic N) is 2. The summed E-state index contributed by atoms with van der Waals surface area (Å²) in [5.41, 5.74) is 4.15. The summed E-state index contributed by atoms with van der Waals surface area (Å²) in [5.74, 6) is -0.202. The second kappa shape index (κ2) is 10.2. The monoisotopic (exact) mass is 508 g/mol. The first-order valence-corrected chi connectivity index (χ1v) is 13.3. The molecule has 1 aromatic heterocycles. The third-order valence-corrected chi connectivity index (χ3v) is 7.91. The molecule has 2 heterocycles. The summed E-state index contributed by atoms with van der Waals surface area (Å²) >= 11 is 7.75. The Morgan fingerprint density at radius 1 is 1.06 bits per heavy atom. The molecule has 0 fully saturated rings. The van der Waals surface area contributed by atoms with E-state index < -0.39 is 0 Å². The quantitative estimate of drug-likeness (QED) is 0.383. The van der Waals surface area contributed by atoms with Gasteiger partial charge < -0.3 is 9.80 Å². The third-order valence-electron chi connectivity index (χ3n) is 6.66. The van der Waals surface area contributed by atoms with E-state index >= 15 is 0 Å². The highest BCUT2D eigenvalue weighted by molar-refractivity contribution is 7.10. The third kappa shape index (κ3) is 5.46. The summed E-state index contributed by atoms with van der Waals surface area (Å²) in [7, 11) is 0. The molecule has 184 valence electrons. The predicted molar refractivity (Wildman–Crippen MR) is 144 cm³/mol. The Morgan fingerprint density at radius 2 is 1.71 bits per heavy atom. The van der Waals surface area contributed by atoms with E-state index in [0.717, 1.165) is 12.0 Å². The van der Waals surface area contributed by atoms with Crippen molar-refractivity contribution in [1.82, 2.24) is 9.80 Å². The van der Waals surface area contributed by atoms with Crippen LogP contribution in [0.15, 0.2) is 60.0 Å². The first-order chi connectivity index (χ1) is 16.6. The molecule has 0 spiro atoms. The molecular formula is C29H33ClN2O2S. The van der Waals surface area contributed by atoms with Crippen LogP contribution in [0.2, 0.25) is 5.02 Å². The summed E-state index contributed by atoms with van der Waals surface area (Å²) in [6.07, 6.45) is 0.835. The van der Waals surface area contributed by atoms with Gasteiger partial charge in [-0.15, -0.1) is 11.3 Å². The van der Waals surface area contributed by atoms with Gasteiger partial charge in [0.25, 0.3) is 5.91 Å². The van der Waals surface area contributed by atoms with Crippen LogP contribution in [-0.4, -0.2) is 40.7 Å². The topological polar surface area (TPSA) is 40.6 Å². The zero-order valence-electron chi connectivity index (χ0n) is 21.0. The molecule has 0 radical (unpaired) electrons. The minimum Gasteiger partial charge on any atom is -0.330 e. The van der Waals surface area contributed by atoms with E-state index in [4.69, 9.17) is 11.6 Å². The van der Waals surface area contributed by atoms with Crippen LogP contribution in [0.1, 0.15) is 72.6 Å². The van der Waals surface area contributed by atoms with Crippen LogP contribution in [0.5, 0.6) is 0 Å². The summed E-state index contributed by atoms with van der Waals surface area (Å²) in [5, 5.41) is 2.69. The lowest BCUT2D eigenvalue weighted by atomic mass is 9.85. The first-order valence-electron chi connectivity index (χ1n) is 12.1. The molecule has 2 aromatic carbocycles. The molecule has 6 heteroatoms. The molecule has 35 heavy (non-hydrogen) atoms. The number of thiophene rings is 1. The van der Waals surface area contributed by atoms with Gasteiger partial charge in [0.05, 0.1) is 6.04 Å². The summed E-state index contributed by atoms with van der Waals surface area (Å²) in [6.45, 7) is 11.2. The van der Waals surface area contributed by atoms with E-state index in [9.17, 15) is 9.59 Å². The zero-order valence-corrected chi connectivity index (χ0v) is 22.6. The summed E-state index contributed by atoms with van der Waals surface area (Å²) in [6, 6.07) is 17.3. The molecule has 3 aromatic rings. The smallest absolute Gasteiger partial charge is 0.254 e. The molecule has 0 saturated heterocycles. The second-order valence-corrected chi connectivity index (χ2v) is 11.9. The zero-order chi connectivity index (χ0) is 25.3. The number of carbonyl (C=O) groups excluding carboxylic acids is 2. The van der Waals surface area contributed by atoms with E-state index in [2.05, 4.69) is 56.5 Å². The largest absolute Gasteiger partial charge is 0.330 e. The predicted octanol–water partition coefficient (Wildman–Crippen LogP) is 6.72. The first kappa shape index (κ1) is 25.5. The highest BCUT2D eigenvalue weighted by Crippen LogP contribution is 2.38. The summed E-state index contributed by atoms with van der Waals surface area (Å²) in [4.78, 5) is 32.0. The lowest BCUT2D eigenvalue weighted by molar-refractivity contribution is -0.134. The molecule has 0 saturated carbocycles. The van der Waals surface area contributed by atoms with E-state index in [1.54, 1.807) is 40.5 Å². The van der Waals surface area contributed by atoms with E-state index in [1.807, 2.05) is 18.7 Å². The maximum Gasteiger partial charge on any atom is 0.254 e. The number of carbonyl (C=O) groups is 2. The van der Waals surface area contributed by atoms with Crippen molar-refractivity contribution in [3.63, 3.8) is 0 Å². The van der Waals surface area contributed by atoms with Crippen molar-refractivity contribution in [3.8, 4) is 0 Å². The van der Waals surface area contributed by atoms with Gasteiger partial charge in [0.15, 0.2) is 0 Å². The Bertz CT molecular complexity index is 1190. The van der Waals surface area contributed by atoms with Crippen LogP contribution < -0.4 is 0 Å². The Labute approximate surface area is 217 Å². The number of fused-ring (bicyclic) bond motifs is 1. The average molecular weight is 509 g/mol. The van der Waals surface area contributed by atoms with Crippen molar-refractivity contribution in [2.75, 3.05) is 13.1 Å². The van der Waals surface area contributed by atoms with Crippen molar-refractivity contribution in [2.24, 2.45) is 0 Å². The number of hydrogen-bond acceptors (Lipinski definition) is 3. The summed E-state index contributed by atoms with van der Waals surface area (Å²) < 4.78 is 0. The molecule has 2 amide bonds. The molecule has 1 atom stereocenters. The van der Waals surface area contributed by atoms with E-state index in [0.29, 0.717) is 17.1 Å². The number of benzene rings is 2. The van der Waals surface area contributed by atoms with Crippen LogP contribution in [0.25, 0.3) is 0 Å². The van der Waals surface area contributed by atoms with Crippen molar-refractivity contribution in [1.29, 1.82) is 0 Å². The van der Waals surface area contributed by atoms with Crippen LogP contribution in [-0.2, 0) is 16.6 Å². The molecule has 4 rings (SSSR count). The number of halogens is 1. The lowest BCUT2D eigenvalue weighted by Crippen LogP contribution is -2.48. The number of rotatable bonds is 5. The highest BCUT2D eigenvalue weighted by Gasteiger charge is 2.34. The Hall–Kier alpha value is -2.63. The highest BCUT2D eigenvalue weighted by atomic mass is 35.5. The number of amides is 2. The standard InChI is InChI=1S/C29H33ClN2O2S/c1-19(2)32(28(34)21-8-12-23(30)13-9-21)18-26(33)31-16-14-25-24(15-17-35-25)27(31)20-6-10-22(11-7-20)29(3,4)5/h6-13,15,17,19,27H,14,16,18H2,1-5H3. The molecule has 1 aliphatic rings. The van der Waals surface area contributed by atoms with Crippen LogP contribution in [0.3, 0.4) is 0 Å². The molecule has 1 unspecified atom stereocenters. The molecule has 4 nitrogen and oxygen atoms in total. The molecule has 0 bridgehead atoms. The Morgan fingerprint density at radius 3 is 2.31 bits per heavy atom. The van der Waals surface area contributed by atoms with E-state index in [-0.39, 0.29) is 35.9 Å². The van der Waals surface area contributed by atoms with Gasteiger partial charge >= 0.3 is 0 Å². The average Bonchev–Trinajstić information content (AvgIpc) is 3.30. The minimum absolute atomic E-state index is 0.0369. The number of hydrogen-bond donors (Lipinski definition) is 0. The Kier molecular flexibility index (Phi) is 7.39. The van der Waals surface area contributed by atoms with Gasteiger partial charge in [0.2, 0.25) is 5.91 Å². The fraction of sp³-hybridized carbons (Fsp3) is 0.379. The second-order valence-electron chi connectivity index (χ2n) is 10.4. The fourth-order valence-corrected chi connectivity index (χ4v) is 5.62. The molecular weight excluding hydrogens is 476 g/mol. The lowest BCUT2D eigenvalue weighted by Gasteiger charge is -2.38. The fourth-order valence-electron chi connectivity index (χ4n) is 4.59.